The Kier molecular flexibility index (Phi) is 5.57. The molecule has 0 radical (unpaired) electrons. The van der Waals surface area contributed by atoms with Crippen molar-refractivity contribution in [2.45, 2.75) is 18.4 Å². The summed E-state index contributed by atoms with van der Waals surface area (Å²) in [6.07, 6.45) is 0. The quantitative estimate of drug-likeness (QED) is 0.685. The van der Waals surface area contributed by atoms with Crippen LogP contribution in [0, 0.1) is 6.92 Å². The number of rotatable bonds is 6. The lowest BCUT2D eigenvalue weighted by Crippen LogP contribution is -2.23. The molecule has 0 atom stereocenters. The van der Waals surface area contributed by atoms with Gasteiger partial charge in [-0.1, -0.05) is 36.4 Å². The predicted octanol–water partition coefficient (Wildman–Crippen LogP) is 2.14. The number of carbonyl (C=O) groups is 1. The van der Waals surface area contributed by atoms with E-state index in [2.05, 4.69) is 15.4 Å². The zero-order valence-electron chi connectivity index (χ0n) is 15.8. The molecule has 146 valence electrons. The highest BCUT2D eigenvalue weighted by atomic mass is 32.2. The number of sulfonamides is 1. The summed E-state index contributed by atoms with van der Waals surface area (Å²) >= 11 is 0. The predicted molar refractivity (Wildman–Crippen MR) is 106 cm³/mol. The largest absolute Gasteiger partial charge is 0.324 e. The molecule has 0 saturated carbocycles. The highest BCUT2D eigenvalue weighted by Gasteiger charge is 2.18. The van der Waals surface area contributed by atoms with E-state index in [0.717, 1.165) is 9.87 Å². The lowest BCUT2D eigenvalue weighted by molar-refractivity contribution is -0.116. The van der Waals surface area contributed by atoms with Crippen molar-refractivity contribution in [2.75, 3.05) is 19.4 Å². The topological polar surface area (TPSA) is 97.2 Å². The van der Waals surface area contributed by atoms with Crippen molar-refractivity contribution in [3.05, 3.63) is 60.4 Å². The SMILES string of the molecule is Cc1nc(-c2ccccc2)n(CC(=O)Nc2cccc(S(=O)(=O)N(C)C)c2)n1. The number of nitrogens with zero attached hydrogens (tertiary/aromatic N) is 4. The van der Waals surface area contributed by atoms with Gasteiger partial charge in [-0.3, -0.25) is 4.79 Å². The van der Waals surface area contributed by atoms with Crippen molar-refractivity contribution in [2.24, 2.45) is 0 Å². The van der Waals surface area contributed by atoms with E-state index >= 15 is 0 Å². The summed E-state index contributed by atoms with van der Waals surface area (Å²) in [6, 6.07) is 15.6. The lowest BCUT2D eigenvalue weighted by atomic mass is 10.2. The number of amides is 1. The molecule has 1 heterocycles. The molecular weight excluding hydrogens is 378 g/mol. The maximum Gasteiger partial charge on any atom is 0.246 e. The number of aryl methyl sites for hydroxylation is 1. The Balaban J connectivity index is 1.79. The van der Waals surface area contributed by atoms with E-state index < -0.39 is 10.0 Å². The van der Waals surface area contributed by atoms with Crippen molar-refractivity contribution < 1.29 is 13.2 Å². The summed E-state index contributed by atoms with van der Waals surface area (Å²) in [5.41, 5.74) is 1.25. The summed E-state index contributed by atoms with van der Waals surface area (Å²) in [4.78, 5) is 17.0. The third-order valence-electron chi connectivity index (χ3n) is 4.00. The van der Waals surface area contributed by atoms with Crippen molar-refractivity contribution in [1.82, 2.24) is 19.1 Å². The van der Waals surface area contributed by atoms with Crippen LogP contribution in [0.2, 0.25) is 0 Å². The second-order valence-electron chi connectivity index (χ2n) is 6.37. The van der Waals surface area contributed by atoms with E-state index in [0.29, 0.717) is 17.3 Å². The molecule has 0 fully saturated rings. The second-order valence-corrected chi connectivity index (χ2v) is 8.52. The molecule has 0 aliphatic rings. The van der Waals surface area contributed by atoms with Gasteiger partial charge in [0.2, 0.25) is 15.9 Å². The van der Waals surface area contributed by atoms with Gasteiger partial charge in [0.25, 0.3) is 0 Å². The minimum Gasteiger partial charge on any atom is -0.324 e. The standard InChI is InChI=1S/C19H21N5O3S/c1-14-20-19(15-8-5-4-6-9-15)24(22-14)13-18(25)21-16-10-7-11-17(12-16)28(26,27)23(2)3/h4-12H,13H2,1-3H3,(H,21,25). The number of benzene rings is 2. The molecule has 0 unspecified atom stereocenters. The molecule has 1 amide bonds. The van der Waals surface area contributed by atoms with Gasteiger partial charge in [-0.2, -0.15) is 5.10 Å². The van der Waals surface area contributed by atoms with Crippen LogP contribution >= 0.6 is 0 Å². The number of nitrogens with one attached hydrogen (secondary N) is 1. The summed E-state index contributed by atoms with van der Waals surface area (Å²) in [5.74, 6) is 0.824. The molecule has 0 saturated heterocycles. The summed E-state index contributed by atoms with van der Waals surface area (Å²) in [5, 5.41) is 7.01. The zero-order chi connectivity index (χ0) is 20.3. The van der Waals surface area contributed by atoms with Crippen LogP contribution in [-0.2, 0) is 21.4 Å². The van der Waals surface area contributed by atoms with Gasteiger partial charge in [0.15, 0.2) is 5.82 Å². The van der Waals surface area contributed by atoms with Crippen LogP contribution < -0.4 is 5.32 Å². The van der Waals surface area contributed by atoms with Gasteiger partial charge < -0.3 is 5.32 Å². The molecule has 9 heteroatoms. The van der Waals surface area contributed by atoms with Crippen molar-refractivity contribution in [1.29, 1.82) is 0 Å². The molecular formula is C19H21N5O3S. The summed E-state index contributed by atoms with van der Waals surface area (Å²) < 4.78 is 27.2. The van der Waals surface area contributed by atoms with Gasteiger partial charge in [0.05, 0.1) is 4.90 Å². The Morgan fingerprint density at radius 2 is 1.82 bits per heavy atom. The third kappa shape index (κ3) is 4.26. The molecule has 0 spiro atoms. The zero-order valence-corrected chi connectivity index (χ0v) is 16.6. The fourth-order valence-corrected chi connectivity index (χ4v) is 3.60. The van der Waals surface area contributed by atoms with Gasteiger partial charge in [0, 0.05) is 25.3 Å². The molecule has 1 N–H and O–H groups in total. The van der Waals surface area contributed by atoms with Crippen LogP contribution in [0.4, 0.5) is 5.69 Å². The molecule has 3 rings (SSSR count). The van der Waals surface area contributed by atoms with E-state index in [1.165, 1.54) is 30.9 Å². The average molecular weight is 399 g/mol. The molecule has 2 aromatic carbocycles. The van der Waals surface area contributed by atoms with E-state index in [4.69, 9.17) is 0 Å². The number of anilines is 1. The third-order valence-corrected chi connectivity index (χ3v) is 5.81. The average Bonchev–Trinajstić information content (AvgIpc) is 3.02. The Hall–Kier alpha value is -3.04. The number of hydrogen-bond acceptors (Lipinski definition) is 5. The molecule has 0 aliphatic heterocycles. The van der Waals surface area contributed by atoms with Crippen molar-refractivity contribution in [3.8, 4) is 11.4 Å². The lowest BCUT2D eigenvalue weighted by Gasteiger charge is -2.13. The minimum absolute atomic E-state index is 0.0459. The first-order valence-electron chi connectivity index (χ1n) is 8.56. The van der Waals surface area contributed by atoms with Gasteiger partial charge in [0.1, 0.15) is 12.4 Å². The summed E-state index contributed by atoms with van der Waals surface area (Å²) in [6.45, 7) is 1.71. The van der Waals surface area contributed by atoms with Crippen LogP contribution in [0.1, 0.15) is 5.82 Å². The molecule has 0 aliphatic carbocycles. The second kappa shape index (κ2) is 7.91. The van der Waals surface area contributed by atoms with E-state index in [-0.39, 0.29) is 17.3 Å². The van der Waals surface area contributed by atoms with Crippen LogP contribution in [-0.4, -0.2) is 47.5 Å². The Bertz CT molecular complexity index is 1090. The maximum atomic E-state index is 12.5. The fraction of sp³-hybridized carbons (Fsp3) is 0.211. The fourth-order valence-electron chi connectivity index (χ4n) is 2.65. The number of hydrogen-bond donors (Lipinski definition) is 1. The van der Waals surface area contributed by atoms with E-state index in [9.17, 15) is 13.2 Å². The van der Waals surface area contributed by atoms with Crippen molar-refractivity contribution in [3.63, 3.8) is 0 Å². The van der Waals surface area contributed by atoms with Gasteiger partial charge in [-0.25, -0.2) is 22.4 Å². The van der Waals surface area contributed by atoms with Crippen LogP contribution in [0.3, 0.4) is 0 Å². The Morgan fingerprint density at radius 1 is 1.11 bits per heavy atom. The maximum absolute atomic E-state index is 12.5. The smallest absolute Gasteiger partial charge is 0.246 e. The van der Waals surface area contributed by atoms with E-state index in [1.54, 1.807) is 19.1 Å². The highest BCUT2D eigenvalue weighted by Crippen LogP contribution is 2.19. The first-order chi connectivity index (χ1) is 13.3. The first kappa shape index (κ1) is 19.7. The van der Waals surface area contributed by atoms with Crippen LogP contribution in [0.15, 0.2) is 59.5 Å². The normalized spacial score (nSPS) is 11.6. The number of carbonyl (C=O) groups excluding carboxylic acids is 1. The van der Waals surface area contributed by atoms with Gasteiger partial charge in [-0.15, -0.1) is 0 Å². The van der Waals surface area contributed by atoms with E-state index in [1.807, 2.05) is 30.3 Å². The number of aromatic nitrogens is 3. The molecule has 28 heavy (non-hydrogen) atoms. The Morgan fingerprint density at radius 3 is 2.50 bits per heavy atom. The summed E-state index contributed by atoms with van der Waals surface area (Å²) in [7, 11) is -0.665. The van der Waals surface area contributed by atoms with Crippen LogP contribution in [0.5, 0.6) is 0 Å². The van der Waals surface area contributed by atoms with Crippen LogP contribution in [0.25, 0.3) is 11.4 Å². The highest BCUT2D eigenvalue weighted by molar-refractivity contribution is 7.89. The first-order valence-corrected chi connectivity index (χ1v) is 10.0. The van der Waals surface area contributed by atoms with Crippen molar-refractivity contribution >= 4 is 21.6 Å². The molecule has 0 bridgehead atoms. The Labute approximate surface area is 163 Å². The molecule has 8 nitrogen and oxygen atoms in total. The minimum atomic E-state index is -3.58. The molecule has 1 aromatic heterocycles. The monoisotopic (exact) mass is 399 g/mol. The van der Waals surface area contributed by atoms with Gasteiger partial charge in [-0.05, 0) is 25.1 Å². The molecule has 3 aromatic rings. The van der Waals surface area contributed by atoms with Gasteiger partial charge >= 0.3 is 0 Å².